The molecule has 0 bridgehead atoms. The molecule has 212 valence electrons. The van der Waals surface area contributed by atoms with Crippen molar-refractivity contribution in [2.75, 3.05) is 0 Å². The van der Waals surface area contributed by atoms with Crippen molar-refractivity contribution >= 4 is 5.78 Å². The molecule has 1 atom stereocenters. The van der Waals surface area contributed by atoms with Crippen LogP contribution in [0.25, 0.3) is 0 Å². The summed E-state index contributed by atoms with van der Waals surface area (Å²) in [6.07, 6.45) is 32.0. The van der Waals surface area contributed by atoms with E-state index in [1.54, 1.807) is 0 Å². The number of hydrogen-bond donors (Lipinski definition) is 1. The van der Waals surface area contributed by atoms with Crippen LogP contribution in [0.4, 0.5) is 0 Å². The molecule has 0 aromatic rings. The first-order chi connectivity index (χ1) is 19.1. The van der Waals surface area contributed by atoms with Gasteiger partial charge in [0.2, 0.25) is 0 Å². The summed E-state index contributed by atoms with van der Waals surface area (Å²) in [7, 11) is 0. The van der Waals surface area contributed by atoms with Crippen LogP contribution in [0.1, 0.15) is 135 Å². The Morgan fingerprint density at radius 1 is 0.590 bits per heavy atom. The van der Waals surface area contributed by atoms with Gasteiger partial charge in [0.15, 0.2) is 5.78 Å². The minimum absolute atomic E-state index is 0.100. The molecule has 0 amide bonds. The predicted molar refractivity (Wildman–Crippen MR) is 161 cm³/mol. The molecule has 0 spiro atoms. The van der Waals surface area contributed by atoms with Crippen LogP contribution in [-0.2, 0) is 4.79 Å². The van der Waals surface area contributed by atoms with Crippen molar-refractivity contribution < 1.29 is 9.90 Å². The van der Waals surface area contributed by atoms with Crippen LogP contribution in [-0.4, -0.2) is 10.9 Å². The van der Waals surface area contributed by atoms with Gasteiger partial charge >= 0.3 is 0 Å². The maximum atomic E-state index is 14.1. The molecular weight excluding hydrogens is 476 g/mol. The Kier molecular flexibility index (Phi) is 8.66. The third-order valence-electron chi connectivity index (χ3n) is 11.4. The van der Waals surface area contributed by atoms with Crippen molar-refractivity contribution in [1.82, 2.24) is 0 Å². The number of rotatable bonds is 4. The molecule has 1 unspecified atom stereocenters. The molecular formula is C37H52O2. The van der Waals surface area contributed by atoms with Crippen molar-refractivity contribution in [1.29, 1.82) is 0 Å². The molecule has 0 saturated heterocycles. The lowest BCUT2D eigenvalue weighted by Crippen LogP contribution is -2.29. The Hall–Kier alpha value is -1.83. The summed E-state index contributed by atoms with van der Waals surface area (Å²) >= 11 is 0. The summed E-state index contributed by atoms with van der Waals surface area (Å²) in [5.41, 5.74) is 7.45. The van der Waals surface area contributed by atoms with E-state index >= 15 is 0 Å². The number of hydrogen-bond acceptors (Lipinski definition) is 2. The lowest BCUT2D eigenvalue weighted by Gasteiger charge is -2.39. The number of carbonyl (C=O) groups is 1. The quantitative estimate of drug-likeness (QED) is 0.394. The summed E-state index contributed by atoms with van der Waals surface area (Å²) in [5, 5.41) is 12.1. The van der Waals surface area contributed by atoms with Crippen LogP contribution < -0.4 is 0 Å². The highest BCUT2D eigenvalue weighted by atomic mass is 16.3. The van der Waals surface area contributed by atoms with Gasteiger partial charge in [-0.05, 0) is 116 Å². The number of carbonyl (C=O) groups excluding carboxylic acids is 1. The summed E-state index contributed by atoms with van der Waals surface area (Å²) in [6.45, 7) is 2.31. The Balaban J connectivity index is 1.48. The van der Waals surface area contributed by atoms with Gasteiger partial charge in [0.1, 0.15) is 5.76 Å². The van der Waals surface area contributed by atoms with Gasteiger partial charge in [-0.1, -0.05) is 83.1 Å². The molecule has 2 nitrogen and oxygen atoms in total. The fourth-order valence-electron chi connectivity index (χ4n) is 9.28. The smallest absolute Gasteiger partial charge is 0.185 e. The average Bonchev–Trinajstić information content (AvgIpc) is 3.00. The average molecular weight is 529 g/mol. The van der Waals surface area contributed by atoms with E-state index in [1.807, 2.05) is 0 Å². The first-order valence-electron chi connectivity index (χ1n) is 17.0. The van der Waals surface area contributed by atoms with Gasteiger partial charge in [-0.3, -0.25) is 4.79 Å². The fourth-order valence-corrected chi connectivity index (χ4v) is 9.28. The fraction of sp³-hybridized carbons (Fsp3) is 0.703. The summed E-state index contributed by atoms with van der Waals surface area (Å²) in [6, 6.07) is 0. The zero-order valence-electron chi connectivity index (χ0n) is 24.6. The number of allylic oxidation sites excluding steroid dienone is 9. The van der Waals surface area contributed by atoms with Crippen molar-refractivity contribution in [2.24, 2.45) is 29.6 Å². The molecule has 0 heterocycles. The minimum atomic E-state index is 0.100. The molecule has 0 aromatic carbocycles. The van der Waals surface area contributed by atoms with E-state index in [0.29, 0.717) is 35.2 Å². The standard InChI is InChI=1S/C37H52O2/c1-25-22-31(26-14-6-2-7-15-26)37(39)35(29-20-12-5-13-21-29)34(25)30-23-32(27-16-8-3-9-17-27)36(38)33(24-30)28-18-10-4-11-19-28/h22-24,26-29,35,39H,2-21H2,1H3. The van der Waals surface area contributed by atoms with Crippen molar-refractivity contribution in [3.8, 4) is 0 Å². The second kappa shape index (κ2) is 12.4. The van der Waals surface area contributed by atoms with E-state index in [1.165, 1.54) is 125 Å². The van der Waals surface area contributed by atoms with Crippen molar-refractivity contribution in [3.05, 3.63) is 57.4 Å². The second-order valence-corrected chi connectivity index (χ2v) is 13.9. The van der Waals surface area contributed by atoms with E-state index in [4.69, 9.17) is 0 Å². The molecule has 0 aliphatic heterocycles. The summed E-state index contributed by atoms with van der Waals surface area (Å²) < 4.78 is 0. The number of Topliss-reactive ketones (excluding diaryl/α,β-unsaturated/α-hetero) is 1. The normalized spacial score (nSPS) is 29.4. The van der Waals surface area contributed by atoms with E-state index in [-0.39, 0.29) is 5.92 Å². The van der Waals surface area contributed by atoms with Crippen LogP contribution in [0.5, 0.6) is 0 Å². The highest BCUT2D eigenvalue weighted by molar-refractivity contribution is 6.11. The van der Waals surface area contributed by atoms with Gasteiger partial charge in [-0.2, -0.15) is 0 Å². The molecule has 0 radical (unpaired) electrons. The van der Waals surface area contributed by atoms with Crippen LogP contribution in [0.2, 0.25) is 0 Å². The van der Waals surface area contributed by atoms with E-state index in [0.717, 1.165) is 36.8 Å². The van der Waals surface area contributed by atoms with Gasteiger partial charge in [0.05, 0.1) is 0 Å². The molecule has 2 heteroatoms. The Labute approximate surface area is 237 Å². The van der Waals surface area contributed by atoms with Crippen molar-refractivity contribution in [2.45, 2.75) is 135 Å². The Morgan fingerprint density at radius 3 is 1.51 bits per heavy atom. The van der Waals surface area contributed by atoms with Crippen LogP contribution in [0, 0.1) is 29.6 Å². The maximum absolute atomic E-state index is 14.1. The monoisotopic (exact) mass is 528 g/mol. The molecule has 6 aliphatic carbocycles. The lowest BCUT2D eigenvalue weighted by atomic mass is 9.66. The van der Waals surface area contributed by atoms with Gasteiger partial charge in [0, 0.05) is 17.1 Å². The second-order valence-electron chi connectivity index (χ2n) is 13.9. The first kappa shape index (κ1) is 27.3. The van der Waals surface area contributed by atoms with Gasteiger partial charge in [0.25, 0.3) is 0 Å². The van der Waals surface area contributed by atoms with Gasteiger partial charge in [-0.15, -0.1) is 0 Å². The van der Waals surface area contributed by atoms with Crippen LogP contribution in [0.15, 0.2) is 57.4 Å². The Bertz CT molecular complexity index is 1030. The molecule has 6 aliphatic rings. The molecule has 6 rings (SSSR count). The topological polar surface area (TPSA) is 37.3 Å². The summed E-state index contributed by atoms with van der Waals surface area (Å²) in [5.74, 6) is 3.02. The van der Waals surface area contributed by atoms with E-state index < -0.39 is 0 Å². The van der Waals surface area contributed by atoms with Gasteiger partial charge < -0.3 is 5.11 Å². The van der Waals surface area contributed by atoms with Gasteiger partial charge in [-0.25, -0.2) is 0 Å². The summed E-state index contributed by atoms with van der Waals surface area (Å²) in [4.78, 5) is 14.1. The SMILES string of the molecule is CC1=CC(C2CCCCC2)=C(O)C(C2CCCCC2)C1=C1C=C(C2CCCCC2)C(=O)C(C2CCCCC2)=C1. The largest absolute Gasteiger partial charge is 0.511 e. The molecule has 1 N–H and O–H groups in total. The minimum Gasteiger partial charge on any atom is -0.511 e. The number of aliphatic hydroxyl groups is 1. The molecule has 0 aromatic heterocycles. The Morgan fingerprint density at radius 2 is 1.03 bits per heavy atom. The predicted octanol–water partition coefficient (Wildman–Crippen LogP) is 10.4. The zero-order chi connectivity index (χ0) is 26.8. The van der Waals surface area contributed by atoms with E-state index in [2.05, 4.69) is 25.2 Å². The molecule has 4 fully saturated rings. The maximum Gasteiger partial charge on any atom is 0.185 e. The van der Waals surface area contributed by atoms with Crippen molar-refractivity contribution in [3.63, 3.8) is 0 Å². The molecule has 4 saturated carbocycles. The zero-order valence-corrected chi connectivity index (χ0v) is 24.6. The van der Waals surface area contributed by atoms with E-state index in [9.17, 15) is 9.90 Å². The highest BCUT2D eigenvalue weighted by Gasteiger charge is 2.39. The lowest BCUT2D eigenvalue weighted by molar-refractivity contribution is -0.113. The van der Waals surface area contributed by atoms with Crippen LogP contribution in [0.3, 0.4) is 0 Å². The van der Waals surface area contributed by atoms with Crippen LogP contribution >= 0.6 is 0 Å². The highest BCUT2D eigenvalue weighted by Crippen LogP contribution is 2.49. The third-order valence-corrected chi connectivity index (χ3v) is 11.4. The molecule has 39 heavy (non-hydrogen) atoms. The first-order valence-corrected chi connectivity index (χ1v) is 17.0. The number of ketones is 1. The third kappa shape index (κ3) is 5.69. The number of aliphatic hydroxyl groups excluding tert-OH is 1.